The van der Waals surface area contributed by atoms with Crippen LogP contribution in [0.15, 0.2) is 28.7 Å². The zero-order chi connectivity index (χ0) is 13.8. The minimum absolute atomic E-state index is 0.0720. The molecule has 1 aliphatic carbocycles. The molecule has 0 heterocycles. The van der Waals surface area contributed by atoms with E-state index < -0.39 is 0 Å². The summed E-state index contributed by atoms with van der Waals surface area (Å²) in [5.41, 5.74) is 0.751. The van der Waals surface area contributed by atoms with Gasteiger partial charge in [-0.2, -0.15) is 0 Å². The van der Waals surface area contributed by atoms with Crippen molar-refractivity contribution >= 4 is 33.4 Å². The van der Waals surface area contributed by atoms with E-state index in [1.807, 2.05) is 24.3 Å². The molecule has 1 fully saturated rings. The molecule has 102 valence electrons. The van der Waals surface area contributed by atoms with E-state index in [1.54, 1.807) is 0 Å². The minimum Gasteiger partial charge on any atom is -0.355 e. The van der Waals surface area contributed by atoms with E-state index in [9.17, 15) is 9.59 Å². The number of halogens is 1. The lowest BCUT2D eigenvalue weighted by atomic mass is 10.3. The molecule has 1 aromatic carbocycles. The lowest BCUT2D eigenvalue weighted by molar-refractivity contribution is -0.122. The molecule has 2 N–H and O–H groups in total. The lowest BCUT2D eigenvalue weighted by Crippen LogP contribution is -2.29. The largest absolute Gasteiger partial charge is 0.355 e. The number of carbonyl (C=O) groups is 2. The molecule has 2 rings (SSSR count). The van der Waals surface area contributed by atoms with Gasteiger partial charge in [0.2, 0.25) is 11.8 Å². The fourth-order valence-electron chi connectivity index (χ4n) is 1.91. The second-order valence-electron chi connectivity index (χ2n) is 4.92. The van der Waals surface area contributed by atoms with Crippen molar-refractivity contribution in [3.05, 3.63) is 28.7 Å². The molecule has 2 amide bonds. The van der Waals surface area contributed by atoms with Crippen molar-refractivity contribution in [2.24, 2.45) is 11.8 Å². The molecule has 1 saturated carbocycles. The van der Waals surface area contributed by atoms with Gasteiger partial charge in [-0.15, -0.1) is 0 Å². The number of carbonyl (C=O) groups excluding carboxylic acids is 2. The summed E-state index contributed by atoms with van der Waals surface area (Å²) in [5.74, 6) is 0.633. The second-order valence-corrected chi connectivity index (χ2v) is 5.83. The van der Waals surface area contributed by atoms with E-state index in [4.69, 9.17) is 0 Å². The molecule has 0 unspecified atom stereocenters. The number of benzene rings is 1. The Morgan fingerprint density at radius 2 is 2.16 bits per heavy atom. The average molecular weight is 325 g/mol. The molecule has 0 spiro atoms. The summed E-state index contributed by atoms with van der Waals surface area (Å²) in [5, 5.41) is 5.58. The van der Waals surface area contributed by atoms with Crippen LogP contribution < -0.4 is 10.6 Å². The van der Waals surface area contributed by atoms with Crippen molar-refractivity contribution in [3.63, 3.8) is 0 Å². The second kappa shape index (κ2) is 6.19. The highest BCUT2D eigenvalue weighted by Gasteiger charge is 2.38. The van der Waals surface area contributed by atoms with Crippen LogP contribution in [0.25, 0.3) is 0 Å². The smallest absolute Gasteiger partial charge is 0.226 e. The Balaban J connectivity index is 1.68. The molecule has 4 nitrogen and oxygen atoms in total. The van der Waals surface area contributed by atoms with Crippen LogP contribution in [0.1, 0.15) is 19.8 Å². The third-order valence-electron chi connectivity index (χ3n) is 3.21. The summed E-state index contributed by atoms with van der Waals surface area (Å²) in [6, 6.07) is 7.41. The summed E-state index contributed by atoms with van der Waals surface area (Å²) >= 11 is 3.34. The van der Waals surface area contributed by atoms with Crippen molar-refractivity contribution in [2.75, 3.05) is 11.9 Å². The van der Waals surface area contributed by atoms with Gasteiger partial charge >= 0.3 is 0 Å². The van der Waals surface area contributed by atoms with Gasteiger partial charge in [-0.1, -0.05) is 28.9 Å². The van der Waals surface area contributed by atoms with Crippen molar-refractivity contribution in [3.8, 4) is 0 Å². The lowest BCUT2D eigenvalue weighted by Gasteiger charge is -2.06. The quantitative estimate of drug-likeness (QED) is 0.874. The summed E-state index contributed by atoms with van der Waals surface area (Å²) < 4.78 is 0.918. The van der Waals surface area contributed by atoms with Crippen molar-refractivity contribution in [2.45, 2.75) is 19.8 Å². The van der Waals surface area contributed by atoms with Crippen LogP contribution in [0.2, 0.25) is 0 Å². The zero-order valence-electron chi connectivity index (χ0n) is 10.8. The maximum Gasteiger partial charge on any atom is 0.226 e. The first-order valence-corrected chi connectivity index (χ1v) is 7.18. The Labute approximate surface area is 121 Å². The molecule has 0 saturated heterocycles. The van der Waals surface area contributed by atoms with Crippen LogP contribution in [0, 0.1) is 11.8 Å². The van der Waals surface area contributed by atoms with Gasteiger partial charge in [0.15, 0.2) is 0 Å². The Hall–Kier alpha value is -1.36. The molecule has 2 atom stereocenters. The number of hydrogen-bond donors (Lipinski definition) is 2. The molecule has 0 aromatic heterocycles. The van der Waals surface area contributed by atoms with E-state index >= 15 is 0 Å². The highest BCUT2D eigenvalue weighted by Crippen LogP contribution is 2.37. The Morgan fingerprint density at radius 3 is 2.79 bits per heavy atom. The van der Waals surface area contributed by atoms with E-state index in [1.165, 1.54) is 0 Å². The van der Waals surface area contributed by atoms with Gasteiger partial charge in [-0.05, 0) is 30.5 Å². The highest BCUT2D eigenvalue weighted by atomic mass is 79.9. The molecule has 1 aromatic rings. The number of nitrogens with one attached hydrogen (secondary N) is 2. The van der Waals surface area contributed by atoms with E-state index in [-0.39, 0.29) is 17.7 Å². The number of hydrogen-bond acceptors (Lipinski definition) is 2. The van der Waals surface area contributed by atoms with Crippen molar-refractivity contribution in [1.29, 1.82) is 0 Å². The maximum atomic E-state index is 11.7. The monoisotopic (exact) mass is 324 g/mol. The molecule has 19 heavy (non-hydrogen) atoms. The van der Waals surface area contributed by atoms with Gasteiger partial charge in [0.05, 0.1) is 0 Å². The maximum absolute atomic E-state index is 11.7. The van der Waals surface area contributed by atoms with Gasteiger partial charge in [0.1, 0.15) is 0 Å². The third-order valence-corrected chi connectivity index (χ3v) is 3.70. The third kappa shape index (κ3) is 4.35. The summed E-state index contributed by atoms with van der Waals surface area (Å²) in [6.45, 7) is 2.45. The highest BCUT2D eigenvalue weighted by molar-refractivity contribution is 9.10. The number of rotatable bonds is 5. The normalized spacial score (nSPS) is 20.7. The Bertz CT molecular complexity index is 490. The molecule has 0 bridgehead atoms. The van der Waals surface area contributed by atoms with E-state index in [2.05, 4.69) is 33.5 Å². The Kier molecular flexibility index (Phi) is 4.58. The predicted molar refractivity (Wildman–Crippen MR) is 77.7 cm³/mol. The molecule has 0 radical (unpaired) electrons. The fourth-order valence-corrected chi connectivity index (χ4v) is 2.31. The van der Waals surface area contributed by atoms with Gasteiger partial charge in [0.25, 0.3) is 0 Å². The van der Waals surface area contributed by atoms with Crippen molar-refractivity contribution < 1.29 is 9.59 Å². The summed E-state index contributed by atoms with van der Waals surface area (Å²) in [7, 11) is 0. The van der Waals surface area contributed by atoms with Crippen LogP contribution in [-0.2, 0) is 9.59 Å². The van der Waals surface area contributed by atoms with Crippen LogP contribution >= 0.6 is 15.9 Å². The summed E-state index contributed by atoms with van der Waals surface area (Å²) in [6.07, 6.45) is 1.26. The number of amides is 2. The molecule has 0 aliphatic heterocycles. The molecular weight excluding hydrogens is 308 g/mol. The Morgan fingerprint density at radius 1 is 1.42 bits per heavy atom. The van der Waals surface area contributed by atoms with Crippen LogP contribution in [0.4, 0.5) is 5.69 Å². The molecule has 5 heteroatoms. The summed E-state index contributed by atoms with van der Waals surface area (Å²) in [4.78, 5) is 23.2. The first-order valence-electron chi connectivity index (χ1n) is 6.39. The van der Waals surface area contributed by atoms with Crippen LogP contribution in [0.3, 0.4) is 0 Å². The standard InChI is InChI=1S/C14H17BrN2O2/c1-9-7-12(9)14(19)16-6-5-13(18)17-11-4-2-3-10(15)8-11/h2-4,8-9,12H,5-7H2,1H3,(H,16,19)(H,17,18)/t9-,12-/m1/s1. The van der Waals surface area contributed by atoms with Gasteiger partial charge < -0.3 is 10.6 Å². The van der Waals surface area contributed by atoms with Crippen LogP contribution in [0.5, 0.6) is 0 Å². The fraction of sp³-hybridized carbons (Fsp3) is 0.429. The number of anilines is 1. The first-order chi connectivity index (χ1) is 9.06. The van der Waals surface area contributed by atoms with E-state index in [0.717, 1.165) is 16.6 Å². The van der Waals surface area contributed by atoms with Crippen molar-refractivity contribution in [1.82, 2.24) is 5.32 Å². The van der Waals surface area contributed by atoms with Gasteiger partial charge in [0, 0.05) is 29.0 Å². The zero-order valence-corrected chi connectivity index (χ0v) is 12.4. The first kappa shape index (κ1) is 14.1. The van der Waals surface area contributed by atoms with Gasteiger partial charge in [-0.3, -0.25) is 9.59 Å². The molecule has 1 aliphatic rings. The SMILES string of the molecule is C[C@@H]1C[C@H]1C(=O)NCCC(=O)Nc1cccc(Br)c1. The predicted octanol–water partition coefficient (Wildman–Crippen LogP) is 2.55. The molecular formula is C14H17BrN2O2. The van der Waals surface area contributed by atoms with Crippen LogP contribution in [-0.4, -0.2) is 18.4 Å². The van der Waals surface area contributed by atoms with Gasteiger partial charge in [-0.25, -0.2) is 0 Å². The van der Waals surface area contributed by atoms with E-state index in [0.29, 0.717) is 18.9 Å². The minimum atomic E-state index is -0.0951. The average Bonchev–Trinajstić information content (AvgIpc) is 3.06. The topological polar surface area (TPSA) is 58.2 Å².